The van der Waals surface area contributed by atoms with Crippen molar-refractivity contribution in [2.45, 2.75) is 21.6 Å². The monoisotopic (exact) mass is 343 g/mol. The van der Waals surface area contributed by atoms with Gasteiger partial charge >= 0.3 is 0 Å². The maximum atomic E-state index is 12.2. The predicted molar refractivity (Wildman–Crippen MR) is 85.9 cm³/mol. The van der Waals surface area contributed by atoms with Crippen molar-refractivity contribution >= 4 is 52.1 Å². The number of carbonyl (C=O) groups is 1. The Morgan fingerprint density at radius 3 is 3.10 bits per heavy atom. The fourth-order valence-corrected chi connectivity index (χ4v) is 5.24. The second kappa shape index (κ2) is 6.46. The van der Waals surface area contributed by atoms with Crippen LogP contribution in [-0.4, -0.2) is 39.6 Å². The van der Waals surface area contributed by atoms with E-state index in [9.17, 15) is 4.79 Å². The van der Waals surface area contributed by atoms with Crippen LogP contribution in [0.15, 0.2) is 20.1 Å². The summed E-state index contributed by atoms with van der Waals surface area (Å²) in [6.45, 7) is 1.59. The molecule has 1 aliphatic rings. The Kier molecular flexibility index (Phi) is 4.65. The minimum atomic E-state index is 0.188. The summed E-state index contributed by atoms with van der Waals surface area (Å²) in [5, 5.41) is 10.2. The summed E-state index contributed by atoms with van der Waals surface area (Å²) in [6.07, 6.45) is 2.96. The Balaban J connectivity index is 1.55. The number of hydrogen-bond donors (Lipinski definition) is 0. The van der Waals surface area contributed by atoms with Crippen LogP contribution >= 0.6 is 46.2 Å². The van der Waals surface area contributed by atoms with Crippen LogP contribution in [-0.2, 0) is 17.8 Å². The van der Waals surface area contributed by atoms with Crippen LogP contribution in [0.3, 0.4) is 0 Å². The van der Waals surface area contributed by atoms with Gasteiger partial charge in [-0.2, -0.15) is 0 Å². The number of nitrogens with zero attached hydrogens (tertiary/aromatic N) is 3. The van der Waals surface area contributed by atoms with Crippen molar-refractivity contribution in [3.8, 4) is 0 Å². The summed E-state index contributed by atoms with van der Waals surface area (Å²) in [6, 6.07) is 2.13. The second-order valence-corrected chi connectivity index (χ2v) is 8.52. The van der Waals surface area contributed by atoms with E-state index < -0.39 is 0 Å². The summed E-state index contributed by atoms with van der Waals surface area (Å²) in [5.74, 6) is 0.635. The lowest BCUT2D eigenvalue weighted by Gasteiger charge is -2.26. The summed E-state index contributed by atoms with van der Waals surface area (Å²) in [4.78, 5) is 15.6. The molecule has 0 aliphatic carbocycles. The molecule has 0 saturated heterocycles. The largest absolute Gasteiger partial charge is 0.337 e. The van der Waals surface area contributed by atoms with Gasteiger partial charge in [-0.3, -0.25) is 4.79 Å². The van der Waals surface area contributed by atoms with Crippen molar-refractivity contribution in [3.63, 3.8) is 0 Å². The Morgan fingerprint density at radius 2 is 2.30 bits per heavy atom. The van der Waals surface area contributed by atoms with E-state index in [0.29, 0.717) is 5.75 Å². The van der Waals surface area contributed by atoms with Gasteiger partial charge in [0.1, 0.15) is 0 Å². The summed E-state index contributed by atoms with van der Waals surface area (Å²) < 4.78 is 1.82. The Morgan fingerprint density at radius 1 is 1.45 bits per heavy atom. The van der Waals surface area contributed by atoms with Gasteiger partial charge in [-0.1, -0.05) is 34.9 Å². The number of fused-ring (bicyclic) bond motifs is 1. The van der Waals surface area contributed by atoms with Crippen LogP contribution in [0.25, 0.3) is 0 Å². The number of hydrogen-bond acceptors (Lipinski definition) is 7. The molecule has 0 atom stereocenters. The zero-order valence-electron chi connectivity index (χ0n) is 10.9. The zero-order valence-corrected chi connectivity index (χ0v) is 14.1. The van der Waals surface area contributed by atoms with Crippen molar-refractivity contribution in [3.05, 3.63) is 21.9 Å². The SMILES string of the molecule is CSc1nnc(SCC(=O)N2CCc3sccc3C2)s1. The molecule has 0 N–H and O–H groups in total. The third kappa shape index (κ3) is 3.19. The van der Waals surface area contributed by atoms with E-state index in [4.69, 9.17) is 0 Å². The summed E-state index contributed by atoms with van der Waals surface area (Å²) >= 11 is 6.41. The molecular formula is C12H13N3OS4. The molecule has 2 aromatic heterocycles. The van der Waals surface area contributed by atoms with Crippen LogP contribution in [0, 0.1) is 0 Å². The molecule has 0 saturated carbocycles. The minimum absolute atomic E-state index is 0.188. The molecule has 1 aliphatic heterocycles. The van der Waals surface area contributed by atoms with E-state index in [1.54, 1.807) is 34.4 Å². The van der Waals surface area contributed by atoms with E-state index in [1.807, 2.05) is 11.2 Å². The topological polar surface area (TPSA) is 46.1 Å². The van der Waals surface area contributed by atoms with Gasteiger partial charge in [-0.05, 0) is 29.7 Å². The molecule has 106 valence electrons. The molecule has 0 spiro atoms. The van der Waals surface area contributed by atoms with Crippen molar-refractivity contribution < 1.29 is 4.79 Å². The van der Waals surface area contributed by atoms with E-state index in [1.165, 1.54) is 22.2 Å². The van der Waals surface area contributed by atoms with Crippen molar-refractivity contribution in [2.75, 3.05) is 18.6 Å². The highest BCUT2D eigenvalue weighted by molar-refractivity contribution is 8.03. The first kappa shape index (κ1) is 14.4. The second-order valence-electron chi connectivity index (χ2n) is 4.26. The highest BCUT2D eigenvalue weighted by Crippen LogP contribution is 2.28. The van der Waals surface area contributed by atoms with E-state index in [2.05, 4.69) is 21.6 Å². The molecule has 0 aromatic carbocycles. The Hall–Kier alpha value is -0.570. The zero-order chi connectivity index (χ0) is 13.9. The first-order valence-electron chi connectivity index (χ1n) is 6.09. The van der Waals surface area contributed by atoms with Crippen molar-refractivity contribution in [1.82, 2.24) is 15.1 Å². The number of thiophene rings is 1. The average molecular weight is 344 g/mol. The third-order valence-electron chi connectivity index (χ3n) is 3.04. The molecular weight excluding hydrogens is 330 g/mol. The molecule has 2 aromatic rings. The van der Waals surface area contributed by atoms with Crippen molar-refractivity contribution in [1.29, 1.82) is 0 Å². The van der Waals surface area contributed by atoms with E-state index >= 15 is 0 Å². The van der Waals surface area contributed by atoms with Gasteiger partial charge in [0.05, 0.1) is 5.75 Å². The maximum Gasteiger partial charge on any atom is 0.233 e. The number of rotatable bonds is 4. The van der Waals surface area contributed by atoms with Crippen LogP contribution in [0.4, 0.5) is 0 Å². The number of amides is 1. The van der Waals surface area contributed by atoms with Gasteiger partial charge in [-0.25, -0.2) is 0 Å². The van der Waals surface area contributed by atoms with Crippen LogP contribution in [0.5, 0.6) is 0 Å². The van der Waals surface area contributed by atoms with E-state index in [0.717, 1.165) is 28.2 Å². The van der Waals surface area contributed by atoms with Crippen LogP contribution in [0.2, 0.25) is 0 Å². The fourth-order valence-electron chi connectivity index (χ4n) is 2.01. The molecule has 0 radical (unpaired) electrons. The lowest BCUT2D eigenvalue weighted by atomic mass is 10.1. The van der Waals surface area contributed by atoms with Gasteiger partial charge in [0.15, 0.2) is 8.68 Å². The lowest BCUT2D eigenvalue weighted by Crippen LogP contribution is -2.36. The number of thioether (sulfide) groups is 2. The molecule has 0 unspecified atom stereocenters. The summed E-state index contributed by atoms with van der Waals surface area (Å²) in [7, 11) is 0. The molecule has 3 rings (SSSR count). The Labute approximate surface area is 134 Å². The molecule has 3 heterocycles. The maximum absolute atomic E-state index is 12.2. The molecule has 20 heavy (non-hydrogen) atoms. The molecule has 1 amide bonds. The smallest absolute Gasteiger partial charge is 0.233 e. The number of aromatic nitrogens is 2. The van der Waals surface area contributed by atoms with Crippen LogP contribution < -0.4 is 0 Å². The summed E-state index contributed by atoms with van der Waals surface area (Å²) in [5.41, 5.74) is 1.31. The Bertz CT molecular complexity index is 609. The first-order valence-corrected chi connectivity index (χ1v) is 10.00. The van der Waals surface area contributed by atoms with Crippen molar-refractivity contribution in [2.24, 2.45) is 0 Å². The highest BCUT2D eigenvalue weighted by atomic mass is 32.2. The quantitative estimate of drug-likeness (QED) is 0.799. The standard InChI is InChI=1S/C12H13N3OS4/c1-17-11-13-14-12(20-11)19-7-10(16)15-4-2-9-8(6-15)3-5-18-9/h3,5H,2,4,6-7H2,1H3. The normalized spacial score (nSPS) is 14.3. The van der Waals surface area contributed by atoms with Gasteiger partial charge < -0.3 is 4.90 Å². The van der Waals surface area contributed by atoms with Gasteiger partial charge in [0.25, 0.3) is 0 Å². The first-order chi connectivity index (χ1) is 9.76. The third-order valence-corrected chi connectivity index (χ3v) is 7.08. The number of carbonyl (C=O) groups excluding carboxylic acids is 1. The van der Waals surface area contributed by atoms with E-state index in [-0.39, 0.29) is 5.91 Å². The lowest BCUT2D eigenvalue weighted by molar-refractivity contribution is -0.129. The van der Waals surface area contributed by atoms with Gasteiger partial charge in [0, 0.05) is 18.0 Å². The highest BCUT2D eigenvalue weighted by Gasteiger charge is 2.21. The predicted octanol–water partition coefficient (Wildman–Crippen LogP) is 3.00. The molecule has 0 fully saturated rings. The van der Waals surface area contributed by atoms with Gasteiger partial charge in [0.2, 0.25) is 5.91 Å². The minimum Gasteiger partial charge on any atom is -0.337 e. The van der Waals surface area contributed by atoms with Crippen LogP contribution in [0.1, 0.15) is 10.4 Å². The fraction of sp³-hybridized carbons (Fsp3) is 0.417. The molecule has 8 heteroatoms. The molecule has 0 bridgehead atoms. The van der Waals surface area contributed by atoms with Gasteiger partial charge in [-0.15, -0.1) is 21.5 Å². The average Bonchev–Trinajstić information content (AvgIpc) is 3.12. The molecule has 4 nitrogen and oxygen atoms in total.